The molecular formula is C10H16N4O. The Morgan fingerprint density at radius 2 is 1.93 bits per heavy atom. The third kappa shape index (κ3) is 1.42. The molecule has 1 saturated carbocycles. The van der Waals surface area contributed by atoms with Crippen molar-refractivity contribution in [1.82, 2.24) is 10.2 Å². The van der Waals surface area contributed by atoms with Crippen LogP contribution in [0.3, 0.4) is 0 Å². The van der Waals surface area contributed by atoms with Gasteiger partial charge in [-0.25, -0.2) is 0 Å². The fourth-order valence-corrected chi connectivity index (χ4v) is 2.83. The lowest BCUT2D eigenvalue weighted by Gasteiger charge is -2.34. The van der Waals surface area contributed by atoms with Gasteiger partial charge in [0.2, 0.25) is 5.89 Å². The number of aryl methyl sites for hydroxylation is 1. The van der Waals surface area contributed by atoms with E-state index in [4.69, 9.17) is 10.2 Å². The monoisotopic (exact) mass is 208 g/mol. The van der Waals surface area contributed by atoms with Crippen LogP contribution in [-0.4, -0.2) is 29.3 Å². The van der Waals surface area contributed by atoms with Gasteiger partial charge in [0, 0.05) is 26.1 Å². The molecule has 3 rings (SSSR count). The maximum Gasteiger partial charge on any atom is 0.318 e. The van der Waals surface area contributed by atoms with Gasteiger partial charge in [-0.1, -0.05) is 5.10 Å². The molecular weight excluding hydrogens is 192 g/mol. The molecule has 2 atom stereocenters. The molecule has 2 heterocycles. The highest BCUT2D eigenvalue weighted by molar-refractivity contribution is 5.27. The Morgan fingerprint density at radius 1 is 1.27 bits per heavy atom. The SMILES string of the molecule is Cc1nnc(N2CC3CCC(C2)C3N)o1. The highest BCUT2D eigenvalue weighted by Crippen LogP contribution is 2.36. The van der Waals surface area contributed by atoms with E-state index in [-0.39, 0.29) is 0 Å². The summed E-state index contributed by atoms with van der Waals surface area (Å²) in [5.41, 5.74) is 6.14. The van der Waals surface area contributed by atoms with E-state index in [1.54, 1.807) is 0 Å². The largest absolute Gasteiger partial charge is 0.408 e. The quantitative estimate of drug-likeness (QED) is 0.730. The normalized spacial score (nSPS) is 34.8. The van der Waals surface area contributed by atoms with Crippen LogP contribution in [0.25, 0.3) is 0 Å². The van der Waals surface area contributed by atoms with E-state index in [9.17, 15) is 0 Å². The lowest BCUT2D eigenvalue weighted by Crippen LogP contribution is -2.48. The first kappa shape index (κ1) is 9.15. The summed E-state index contributed by atoms with van der Waals surface area (Å²) >= 11 is 0. The van der Waals surface area contributed by atoms with Gasteiger partial charge in [-0.15, -0.1) is 5.10 Å². The van der Waals surface area contributed by atoms with Crippen LogP contribution in [-0.2, 0) is 0 Å². The molecule has 2 fully saturated rings. The summed E-state index contributed by atoms with van der Waals surface area (Å²) in [6.07, 6.45) is 2.49. The molecule has 2 unspecified atom stereocenters. The molecule has 0 amide bonds. The van der Waals surface area contributed by atoms with Crippen molar-refractivity contribution in [2.45, 2.75) is 25.8 Å². The third-order valence-corrected chi connectivity index (χ3v) is 3.69. The number of hydrogen-bond donors (Lipinski definition) is 1. The number of aromatic nitrogens is 2. The van der Waals surface area contributed by atoms with E-state index >= 15 is 0 Å². The number of rotatable bonds is 1. The van der Waals surface area contributed by atoms with Crippen LogP contribution >= 0.6 is 0 Å². The van der Waals surface area contributed by atoms with Crippen LogP contribution in [0.15, 0.2) is 4.42 Å². The summed E-state index contributed by atoms with van der Waals surface area (Å²) in [5, 5.41) is 7.92. The fourth-order valence-electron chi connectivity index (χ4n) is 2.83. The molecule has 1 aliphatic heterocycles. The molecule has 0 radical (unpaired) electrons. The summed E-state index contributed by atoms with van der Waals surface area (Å²) in [6, 6.07) is 1.04. The molecule has 82 valence electrons. The van der Waals surface area contributed by atoms with Crippen molar-refractivity contribution in [1.29, 1.82) is 0 Å². The van der Waals surface area contributed by atoms with Crippen molar-refractivity contribution >= 4 is 6.01 Å². The van der Waals surface area contributed by atoms with E-state index in [0.29, 0.717) is 29.8 Å². The highest BCUT2D eigenvalue weighted by Gasteiger charge is 2.40. The first-order chi connectivity index (χ1) is 7.24. The van der Waals surface area contributed by atoms with Crippen molar-refractivity contribution in [3.63, 3.8) is 0 Å². The topological polar surface area (TPSA) is 68.2 Å². The van der Waals surface area contributed by atoms with Crippen LogP contribution in [0, 0.1) is 18.8 Å². The second-order valence-electron chi connectivity index (χ2n) is 4.68. The zero-order valence-electron chi connectivity index (χ0n) is 8.89. The predicted molar refractivity (Wildman–Crippen MR) is 55.4 cm³/mol. The molecule has 5 heteroatoms. The Bertz CT molecular complexity index is 350. The van der Waals surface area contributed by atoms with Crippen LogP contribution in [0.1, 0.15) is 18.7 Å². The number of fused-ring (bicyclic) bond motifs is 2. The van der Waals surface area contributed by atoms with E-state index in [0.717, 1.165) is 13.1 Å². The Hall–Kier alpha value is -1.10. The smallest absolute Gasteiger partial charge is 0.318 e. The first-order valence-corrected chi connectivity index (χ1v) is 5.54. The van der Waals surface area contributed by atoms with Crippen molar-refractivity contribution in [2.75, 3.05) is 18.0 Å². The second kappa shape index (κ2) is 3.20. The molecule has 1 aliphatic carbocycles. The van der Waals surface area contributed by atoms with Crippen LogP contribution < -0.4 is 10.6 Å². The summed E-state index contributed by atoms with van der Waals surface area (Å²) in [5.74, 6) is 1.85. The van der Waals surface area contributed by atoms with Gasteiger partial charge in [-0.05, 0) is 24.7 Å². The lowest BCUT2D eigenvalue weighted by molar-refractivity contribution is 0.340. The van der Waals surface area contributed by atoms with E-state index < -0.39 is 0 Å². The summed E-state index contributed by atoms with van der Waals surface area (Å²) in [4.78, 5) is 2.19. The van der Waals surface area contributed by atoms with Crippen molar-refractivity contribution in [2.24, 2.45) is 17.6 Å². The lowest BCUT2D eigenvalue weighted by atomic mass is 9.93. The molecule has 0 aromatic carbocycles. The van der Waals surface area contributed by atoms with Crippen LogP contribution in [0.2, 0.25) is 0 Å². The zero-order valence-corrected chi connectivity index (χ0v) is 8.89. The second-order valence-corrected chi connectivity index (χ2v) is 4.68. The van der Waals surface area contributed by atoms with Gasteiger partial charge in [0.1, 0.15) is 0 Å². The van der Waals surface area contributed by atoms with Crippen molar-refractivity contribution in [3.05, 3.63) is 5.89 Å². The first-order valence-electron chi connectivity index (χ1n) is 5.54. The molecule has 2 bridgehead atoms. The van der Waals surface area contributed by atoms with Gasteiger partial charge in [-0.2, -0.15) is 0 Å². The minimum absolute atomic E-state index is 0.380. The summed E-state index contributed by atoms with van der Waals surface area (Å²) in [7, 11) is 0. The molecule has 0 spiro atoms. The number of anilines is 1. The van der Waals surface area contributed by atoms with E-state index in [2.05, 4.69) is 15.1 Å². The molecule has 15 heavy (non-hydrogen) atoms. The van der Waals surface area contributed by atoms with Gasteiger partial charge in [0.15, 0.2) is 0 Å². The van der Waals surface area contributed by atoms with Gasteiger partial charge in [-0.3, -0.25) is 0 Å². The van der Waals surface area contributed by atoms with Gasteiger partial charge in [0.25, 0.3) is 0 Å². The Balaban J connectivity index is 1.80. The highest BCUT2D eigenvalue weighted by atomic mass is 16.4. The van der Waals surface area contributed by atoms with Crippen molar-refractivity contribution < 1.29 is 4.42 Å². The molecule has 2 aliphatic rings. The summed E-state index contributed by atoms with van der Waals surface area (Å²) < 4.78 is 5.45. The molecule has 5 nitrogen and oxygen atoms in total. The molecule has 2 N–H and O–H groups in total. The maximum absolute atomic E-state index is 6.14. The van der Waals surface area contributed by atoms with Gasteiger partial charge < -0.3 is 15.1 Å². The Labute approximate surface area is 88.6 Å². The zero-order chi connectivity index (χ0) is 10.4. The molecule has 1 aromatic heterocycles. The standard InChI is InChI=1S/C10H16N4O/c1-6-12-13-10(15-6)14-4-7-2-3-8(5-14)9(7)11/h7-9H,2-5,11H2,1H3. The third-order valence-electron chi connectivity index (χ3n) is 3.69. The van der Waals surface area contributed by atoms with Crippen molar-refractivity contribution in [3.8, 4) is 0 Å². The molecule has 1 aromatic rings. The average molecular weight is 208 g/mol. The summed E-state index contributed by atoms with van der Waals surface area (Å²) in [6.45, 7) is 3.76. The average Bonchev–Trinajstić information content (AvgIpc) is 2.70. The minimum Gasteiger partial charge on any atom is -0.408 e. The Morgan fingerprint density at radius 3 is 2.47 bits per heavy atom. The Kier molecular flexibility index (Phi) is 1.95. The minimum atomic E-state index is 0.380. The number of hydrogen-bond acceptors (Lipinski definition) is 5. The predicted octanol–water partition coefficient (Wildman–Crippen LogP) is 0.552. The van der Waals surface area contributed by atoms with Crippen LogP contribution in [0.4, 0.5) is 6.01 Å². The maximum atomic E-state index is 6.14. The van der Waals surface area contributed by atoms with E-state index in [1.165, 1.54) is 12.8 Å². The van der Waals surface area contributed by atoms with E-state index in [1.807, 2.05) is 6.92 Å². The number of nitrogens with two attached hydrogens (primary N) is 1. The fraction of sp³-hybridized carbons (Fsp3) is 0.800. The number of piperidine rings is 1. The molecule has 1 saturated heterocycles. The van der Waals surface area contributed by atoms with Gasteiger partial charge in [0.05, 0.1) is 0 Å². The number of nitrogens with zero attached hydrogens (tertiary/aromatic N) is 3. The van der Waals surface area contributed by atoms with Gasteiger partial charge >= 0.3 is 6.01 Å². The van der Waals surface area contributed by atoms with Crippen LogP contribution in [0.5, 0.6) is 0 Å².